The Morgan fingerprint density at radius 2 is 2.00 bits per heavy atom. The van der Waals surface area contributed by atoms with Crippen molar-refractivity contribution >= 4 is 15.9 Å². The summed E-state index contributed by atoms with van der Waals surface area (Å²) in [6.07, 6.45) is 2.84. The molecule has 1 aromatic carbocycles. The highest BCUT2D eigenvalue weighted by Crippen LogP contribution is 2.32. The minimum atomic E-state index is 0.700. The number of hydrogen-bond donors (Lipinski definition) is 1. The summed E-state index contributed by atoms with van der Waals surface area (Å²) in [4.78, 5) is 2.37. The zero-order valence-electron chi connectivity index (χ0n) is 11.3. The summed E-state index contributed by atoms with van der Waals surface area (Å²) < 4.78 is 1.15. The van der Waals surface area contributed by atoms with Gasteiger partial charge in [-0.3, -0.25) is 0 Å². The van der Waals surface area contributed by atoms with Crippen molar-refractivity contribution in [3.8, 4) is 0 Å². The second-order valence-electron chi connectivity index (χ2n) is 5.44. The van der Waals surface area contributed by atoms with E-state index in [0.717, 1.165) is 30.0 Å². The molecule has 0 aromatic heterocycles. The number of nitrogens with one attached hydrogen (secondary N) is 1. The molecule has 2 nitrogen and oxygen atoms in total. The molecule has 1 unspecified atom stereocenters. The number of halogens is 1. The van der Waals surface area contributed by atoms with Crippen molar-refractivity contribution in [3.05, 3.63) is 34.3 Å². The molecule has 0 radical (unpaired) electrons. The van der Waals surface area contributed by atoms with Crippen molar-refractivity contribution < 1.29 is 0 Å². The molecule has 1 fully saturated rings. The van der Waals surface area contributed by atoms with Crippen LogP contribution in [0.25, 0.3) is 0 Å². The normalized spacial score (nSPS) is 17.1. The third kappa shape index (κ3) is 4.71. The van der Waals surface area contributed by atoms with E-state index >= 15 is 0 Å². The summed E-state index contributed by atoms with van der Waals surface area (Å²) in [5, 5.41) is 3.62. The Morgan fingerprint density at radius 1 is 1.33 bits per heavy atom. The molecule has 1 aliphatic rings. The average molecular weight is 311 g/mol. The van der Waals surface area contributed by atoms with Crippen LogP contribution in [0.4, 0.5) is 0 Å². The van der Waals surface area contributed by atoms with Gasteiger partial charge in [0, 0.05) is 30.1 Å². The number of rotatable bonds is 7. The Morgan fingerprint density at radius 3 is 2.61 bits per heavy atom. The fourth-order valence-corrected chi connectivity index (χ4v) is 2.49. The van der Waals surface area contributed by atoms with Crippen molar-refractivity contribution in [2.24, 2.45) is 5.92 Å². The van der Waals surface area contributed by atoms with E-state index < -0.39 is 0 Å². The summed E-state index contributed by atoms with van der Waals surface area (Å²) >= 11 is 3.47. The SMILES string of the molecule is CC(NCCN(C)Cc1ccc(Br)cc1)C1CC1. The molecule has 18 heavy (non-hydrogen) atoms. The molecule has 0 heterocycles. The van der Waals surface area contributed by atoms with Gasteiger partial charge in [0.2, 0.25) is 0 Å². The van der Waals surface area contributed by atoms with Gasteiger partial charge in [0.15, 0.2) is 0 Å². The van der Waals surface area contributed by atoms with Gasteiger partial charge < -0.3 is 10.2 Å². The van der Waals surface area contributed by atoms with Crippen LogP contribution in [0.2, 0.25) is 0 Å². The van der Waals surface area contributed by atoms with E-state index in [4.69, 9.17) is 0 Å². The lowest BCUT2D eigenvalue weighted by Crippen LogP contribution is -2.35. The van der Waals surface area contributed by atoms with E-state index in [1.807, 2.05) is 0 Å². The first-order valence-corrected chi connectivity index (χ1v) is 7.61. The Hall–Kier alpha value is -0.380. The van der Waals surface area contributed by atoms with Gasteiger partial charge in [0.1, 0.15) is 0 Å². The lowest BCUT2D eigenvalue weighted by Gasteiger charge is -2.19. The number of nitrogens with zero attached hydrogens (tertiary/aromatic N) is 1. The maximum Gasteiger partial charge on any atom is 0.0231 e. The van der Waals surface area contributed by atoms with Gasteiger partial charge in [0.05, 0.1) is 0 Å². The van der Waals surface area contributed by atoms with Crippen LogP contribution in [0, 0.1) is 5.92 Å². The summed E-state index contributed by atoms with van der Waals surface area (Å²) in [5.74, 6) is 0.946. The maximum atomic E-state index is 3.62. The highest BCUT2D eigenvalue weighted by atomic mass is 79.9. The van der Waals surface area contributed by atoms with Crippen LogP contribution in [-0.4, -0.2) is 31.1 Å². The zero-order valence-corrected chi connectivity index (χ0v) is 12.9. The summed E-state index contributed by atoms with van der Waals surface area (Å²) in [7, 11) is 2.19. The van der Waals surface area contributed by atoms with E-state index in [-0.39, 0.29) is 0 Å². The van der Waals surface area contributed by atoms with Crippen LogP contribution < -0.4 is 5.32 Å². The van der Waals surface area contributed by atoms with Gasteiger partial charge in [-0.2, -0.15) is 0 Å². The molecule has 0 aliphatic heterocycles. The third-order valence-corrected chi connectivity index (χ3v) is 4.18. The van der Waals surface area contributed by atoms with Gasteiger partial charge in [-0.1, -0.05) is 28.1 Å². The average Bonchev–Trinajstić information content (AvgIpc) is 3.16. The fourth-order valence-electron chi connectivity index (χ4n) is 2.23. The molecule has 1 N–H and O–H groups in total. The Labute approximate surface area is 119 Å². The van der Waals surface area contributed by atoms with E-state index in [1.165, 1.54) is 18.4 Å². The molecule has 0 amide bonds. The topological polar surface area (TPSA) is 15.3 Å². The minimum Gasteiger partial charge on any atom is -0.313 e. The molecule has 3 heteroatoms. The van der Waals surface area contributed by atoms with Gasteiger partial charge >= 0.3 is 0 Å². The van der Waals surface area contributed by atoms with E-state index in [9.17, 15) is 0 Å². The maximum absolute atomic E-state index is 3.62. The number of likely N-dealkylation sites (N-methyl/N-ethyl adjacent to an activating group) is 1. The first-order chi connectivity index (χ1) is 8.65. The van der Waals surface area contributed by atoms with Crippen molar-refractivity contribution in [1.29, 1.82) is 0 Å². The molecule has 1 atom stereocenters. The van der Waals surface area contributed by atoms with E-state index in [2.05, 4.69) is 64.4 Å². The Kier molecular flexibility index (Phi) is 5.22. The molecular formula is C15H23BrN2. The van der Waals surface area contributed by atoms with Crippen LogP contribution in [0.15, 0.2) is 28.7 Å². The second-order valence-corrected chi connectivity index (χ2v) is 6.36. The van der Waals surface area contributed by atoms with Crippen molar-refractivity contribution in [2.45, 2.75) is 32.4 Å². The molecule has 0 bridgehead atoms. The predicted molar refractivity (Wildman–Crippen MR) is 80.7 cm³/mol. The monoisotopic (exact) mass is 310 g/mol. The summed E-state index contributed by atoms with van der Waals surface area (Å²) in [6, 6.07) is 9.28. The molecule has 1 aliphatic carbocycles. The second kappa shape index (κ2) is 6.69. The Bertz CT molecular complexity index is 359. The van der Waals surface area contributed by atoms with Gasteiger partial charge in [-0.15, -0.1) is 0 Å². The largest absolute Gasteiger partial charge is 0.313 e. The van der Waals surface area contributed by atoms with Gasteiger partial charge in [-0.05, 0) is 50.4 Å². The van der Waals surface area contributed by atoms with Crippen LogP contribution >= 0.6 is 15.9 Å². The van der Waals surface area contributed by atoms with E-state index in [0.29, 0.717) is 6.04 Å². The summed E-state index contributed by atoms with van der Waals surface area (Å²) in [5.41, 5.74) is 1.37. The Balaban J connectivity index is 1.65. The quantitative estimate of drug-likeness (QED) is 0.831. The lowest BCUT2D eigenvalue weighted by atomic mass is 10.2. The standard InChI is InChI=1S/C15H23BrN2/c1-12(14-5-6-14)17-9-10-18(2)11-13-3-7-15(16)8-4-13/h3-4,7-8,12,14,17H,5-6,9-11H2,1-2H3. The number of hydrogen-bond acceptors (Lipinski definition) is 2. The predicted octanol–water partition coefficient (Wildman–Crippen LogP) is 3.27. The van der Waals surface area contributed by atoms with Crippen LogP contribution in [0.5, 0.6) is 0 Å². The van der Waals surface area contributed by atoms with Crippen LogP contribution in [0.1, 0.15) is 25.3 Å². The number of benzene rings is 1. The molecule has 2 rings (SSSR count). The van der Waals surface area contributed by atoms with E-state index in [1.54, 1.807) is 0 Å². The molecule has 0 spiro atoms. The highest BCUT2D eigenvalue weighted by Gasteiger charge is 2.27. The lowest BCUT2D eigenvalue weighted by molar-refractivity contribution is 0.315. The van der Waals surface area contributed by atoms with Gasteiger partial charge in [-0.25, -0.2) is 0 Å². The molecular weight excluding hydrogens is 288 g/mol. The van der Waals surface area contributed by atoms with Crippen LogP contribution in [-0.2, 0) is 6.54 Å². The smallest absolute Gasteiger partial charge is 0.0231 e. The molecule has 1 aromatic rings. The van der Waals surface area contributed by atoms with Crippen molar-refractivity contribution in [3.63, 3.8) is 0 Å². The first kappa shape index (κ1) is 14.0. The van der Waals surface area contributed by atoms with Crippen LogP contribution in [0.3, 0.4) is 0 Å². The zero-order chi connectivity index (χ0) is 13.0. The van der Waals surface area contributed by atoms with Gasteiger partial charge in [0.25, 0.3) is 0 Å². The molecule has 0 saturated heterocycles. The van der Waals surface area contributed by atoms with Crippen molar-refractivity contribution in [1.82, 2.24) is 10.2 Å². The fraction of sp³-hybridized carbons (Fsp3) is 0.600. The minimum absolute atomic E-state index is 0.700. The van der Waals surface area contributed by atoms with Crippen molar-refractivity contribution in [2.75, 3.05) is 20.1 Å². The highest BCUT2D eigenvalue weighted by molar-refractivity contribution is 9.10. The first-order valence-electron chi connectivity index (χ1n) is 6.81. The summed E-state index contributed by atoms with van der Waals surface area (Å²) in [6.45, 7) is 5.52. The molecule has 100 valence electrons. The third-order valence-electron chi connectivity index (χ3n) is 3.65. The molecule has 1 saturated carbocycles.